The van der Waals surface area contributed by atoms with Gasteiger partial charge >= 0.3 is 0 Å². The van der Waals surface area contributed by atoms with E-state index in [0.29, 0.717) is 31.1 Å². The number of carbonyl (C=O) groups excluding carboxylic acids is 1. The number of nitrogens with one attached hydrogen (secondary N) is 1. The molecule has 1 fully saturated rings. The van der Waals surface area contributed by atoms with E-state index in [1.807, 2.05) is 23.6 Å². The van der Waals surface area contributed by atoms with Gasteiger partial charge in [-0.3, -0.25) is 4.79 Å². The van der Waals surface area contributed by atoms with Crippen LogP contribution in [0.25, 0.3) is 10.6 Å². The second kappa shape index (κ2) is 9.34. The van der Waals surface area contributed by atoms with Gasteiger partial charge in [0.25, 0.3) is 5.91 Å². The van der Waals surface area contributed by atoms with Gasteiger partial charge in [-0.05, 0) is 67.9 Å². The zero-order valence-corrected chi connectivity index (χ0v) is 19.0. The molecule has 0 bridgehead atoms. The number of aromatic nitrogens is 1. The van der Waals surface area contributed by atoms with Crippen LogP contribution in [0, 0.1) is 6.92 Å². The molecule has 0 spiro atoms. The van der Waals surface area contributed by atoms with Crippen molar-refractivity contribution in [3.63, 3.8) is 0 Å². The Balaban J connectivity index is 1.33. The fourth-order valence-electron chi connectivity index (χ4n) is 4.40. The minimum atomic E-state index is -0.212. The summed E-state index contributed by atoms with van der Waals surface area (Å²) in [5.74, 6) is 2.01. The molecule has 2 aromatic heterocycles. The van der Waals surface area contributed by atoms with Crippen molar-refractivity contribution in [2.45, 2.75) is 32.2 Å². The lowest BCUT2D eigenvalue weighted by Crippen LogP contribution is -2.44. The van der Waals surface area contributed by atoms with Crippen molar-refractivity contribution in [3.8, 4) is 22.1 Å². The number of thiophene rings is 1. The Bertz CT molecular complexity index is 1070. The highest BCUT2D eigenvalue weighted by Crippen LogP contribution is 2.36. The van der Waals surface area contributed by atoms with Crippen LogP contribution < -0.4 is 14.8 Å². The maximum atomic E-state index is 13.0. The molecular formula is C24H27N3O4S. The van der Waals surface area contributed by atoms with E-state index in [4.69, 9.17) is 14.0 Å². The van der Waals surface area contributed by atoms with Gasteiger partial charge in [-0.2, -0.15) is 0 Å². The molecule has 5 rings (SSSR count). The summed E-state index contributed by atoms with van der Waals surface area (Å²) in [6.45, 7) is 6.13. The van der Waals surface area contributed by atoms with Crippen LogP contribution in [0.15, 0.2) is 40.2 Å². The highest BCUT2D eigenvalue weighted by Gasteiger charge is 2.24. The Hall–Kier alpha value is -2.84. The molecule has 0 aliphatic carbocycles. The van der Waals surface area contributed by atoms with Crippen molar-refractivity contribution in [2.24, 2.45) is 0 Å². The van der Waals surface area contributed by atoms with E-state index in [1.165, 1.54) is 12.8 Å². The van der Waals surface area contributed by atoms with Crippen LogP contribution in [0.1, 0.15) is 34.5 Å². The molecule has 168 valence electrons. The number of nitrogens with zero attached hydrogens (tertiary/aromatic N) is 2. The number of hydrogen-bond donors (Lipinski definition) is 1. The largest absolute Gasteiger partial charge is 0.486 e. The minimum Gasteiger partial charge on any atom is -0.486 e. The lowest BCUT2D eigenvalue weighted by Gasteiger charge is -2.26. The molecule has 8 heteroatoms. The van der Waals surface area contributed by atoms with E-state index in [9.17, 15) is 4.79 Å². The summed E-state index contributed by atoms with van der Waals surface area (Å²) in [5.41, 5.74) is 2.53. The van der Waals surface area contributed by atoms with Crippen molar-refractivity contribution in [3.05, 3.63) is 52.5 Å². The first kappa shape index (κ1) is 21.0. The van der Waals surface area contributed by atoms with Gasteiger partial charge in [0.1, 0.15) is 13.2 Å². The second-order valence-electron chi connectivity index (χ2n) is 8.31. The van der Waals surface area contributed by atoms with E-state index >= 15 is 0 Å². The highest BCUT2D eigenvalue weighted by molar-refractivity contribution is 7.13. The molecule has 0 radical (unpaired) electrons. The number of carbonyl (C=O) groups is 1. The van der Waals surface area contributed by atoms with Gasteiger partial charge < -0.3 is 24.2 Å². The standard InChI is InChI=1S/C24H27N3O4S/c1-16-17(6-7-20-23(16)30-11-10-29-20)13-18(15-27-8-2-3-9-27)25-24(28)19-14-21(31-26-19)22-5-4-12-32-22/h4-7,12,14,18H,2-3,8-11,13,15H2,1H3,(H,25,28)/t18-/m0/s1. The van der Waals surface area contributed by atoms with Gasteiger partial charge in [0.05, 0.1) is 4.88 Å². The average Bonchev–Trinajstić information content (AvgIpc) is 3.58. The number of fused-ring (bicyclic) bond motifs is 1. The number of likely N-dealkylation sites (tertiary alicyclic amines) is 1. The predicted molar refractivity (Wildman–Crippen MR) is 123 cm³/mol. The minimum absolute atomic E-state index is 0.0521. The van der Waals surface area contributed by atoms with Gasteiger partial charge in [0.15, 0.2) is 23.0 Å². The molecule has 0 unspecified atom stereocenters. The SMILES string of the molecule is Cc1c(C[C@@H](CN2CCCC2)NC(=O)c2cc(-c3cccs3)on2)ccc2c1OCCO2. The van der Waals surface area contributed by atoms with Crippen molar-refractivity contribution in [1.29, 1.82) is 0 Å². The van der Waals surface area contributed by atoms with E-state index < -0.39 is 0 Å². The van der Waals surface area contributed by atoms with E-state index in [0.717, 1.165) is 47.1 Å². The quantitative estimate of drug-likeness (QED) is 0.584. The molecule has 2 aliphatic rings. The van der Waals surface area contributed by atoms with Gasteiger partial charge in [-0.15, -0.1) is 11.3 Å². The summed E-state index contributed by atoms with van der Waals surface area (Å²) in [6, 6.07) is 9.61. The molecule has 1 amide bonds. The summed E-state index contributed by atoms with van der Waals surface area (Å²) in [7, 11) is 0. The normalized spacial score (nSPS) is 16.8. The summed E-state index contributed by atoms with van der Waals surface area (Å²) in [6.07, 6.45) is 3.12. The fourth-order valence-corrected chi connectivity index (χ4v) is 5.07. The van der Waals surface area contributed by atoms with Crippen molar-refractivity contribution < 1.29 is 18.8 Å². The Morgan fingerprint density at radius 2 is 2.06 bits per heavy atom. The van der Waals surface area contributed by atoms with Crippen molar-refractivity contribution in [1.82, 2.24) is 15.4 Å². The number of rotatable bonds is 7. The third kappa shape index (κ3) is 4.52. The molecule has 1 atom stereocenters. The number of ether oxygens (including phenoxy) is 2. The molecule has 2 aliphatic heterocycles. The first-order valence-corrected chi connectivity index (χ1v) is 12.0. The summed E-state index contributed by atoms with van der Waals surface area (Å²) >= 11 is 1.56. The second-order valence-corrected chi connectivity index (χ2v) is 9.26. The maximum absolute atomic E-state index is 13.0. The summed E-state index contributed by atoms with van der Waals surface area (Å²) in [5, 5.41) is 9.18. The molecule has 3 aromatic rings. The van der Waals surface area contributed by atoms with Gasteiger partial charge in [-0.25, -0.2) is 0 Å². The average molecular weight is 454 g/mol. The Kier molecular flexibility index (Phi) is 6.14. The number of hydrogen-bond acceptors (Lipinski definition) is 7. The van der Waals surface area contributed by atoms with E-state index in [2.05, 4.69) is 28.4 Å². The van der Waals surface area contributed by atoms with Crippen LogP contribution in [-0.4, -0.2) is 54.9 Å². The summed E-state index contributed by atoms with van der Waals surface area (Å²) in [4.78, 5) is 16.4. The van der Waals surface area contributed by atoms with Crippen molar-refractivity contribution in [2.75, 3.05) is 32.8 Å². The Morgan fingerprint density at radius 3 is 2.88 bits per heavy atom. The van der Waals surface area contributed by atoms with Crippen molar-refractivity contribution >= 4 is 17.2 Å². The van der Waals surface area contributed by atoms with E-state index in [-0.39, 0.29) is 11.9 Å². The fraction of sp³-hybridized carbons (Fsp3) is 0.417. The molecule has 32 heavy (non-hydrogen) atoms. The van der Waals surface area contributed by atoms with Crippen LogP contribution in [0.2, 0.25) is 0 Å². The predicted octanol–water partition coefficient (Wildman–Crippen LogP) is 3.92. The van der Waals surface area contributed by atoms with Crippen LogP contribution in [-0.2, 0) is 6.42 Å². The molecule has 1 N–H and O–H groups in total. The van der Waals surface area contributed by atoms with Crippen LogP contribution in [0.5, 0.6) is 11.5 Å². The third-order valence-corrected chi connectivity index (χ3v) is 6.94. The highest BCUT2D eigenvalue weighted by atomic mass is 32.1. The molecule has 1 aromatic carbocycles. The first-order chi connectivity index (χ1) is 15.7. The molecule has 4 heterocycles. The zero-order valence-electron chi connectivity index (χ0n) is 18.1. The van der Waals surface area contributed by atoms with Crippen LogP contribution in [0.3, 0.4) is 0 Å². The zero-order chi connectivity index (χ0) is 21.9. The molecular weight excluding hydrogens is 426 g/mol. The topological polar surface area (TPSA) is 76.8 Å². The first-order valence-electron chi connectivity index (χ1n) is 11.1. The van der Waals surface area contributed by atoms with Crippen LogP contribution >= 0.6 is 11.3 Å². The van der Waals surface area contributed by atoms with Gasteiger partial charge in [-0.1, -0.05) is 17.3 Å². The third-order valence-electron chi connectivity index (χ3n) is 6.05. The van der Waals surface area contributed by atoms with Gasteiger partial charge in [0, 0.05) is 18.7 Å². The lowest BCUT2D eigenvalue weighted by atomic mass is 9.99. The van der Waals surface area contributed by atoms with Gasteiger partial charge in [0.2, 0.25) is 0 Å². The molecule has 0 saturated carbocycles. The molecule has 7 nitrogen and oxygen atoms in total. The Morgan fingerprint density at radius 1 is 1.22 bits per heavy atom. The number of amides is 1. The Labute approximate surface area is 191 Å². The van der Waals surface area contributed by atoms with E-state index in [1.54, 1.807) is 17.4 Å². The molecule has 1 saturated heterocycles. The summed E-state index contributed by atoms with van der Waals surface area (Å²) < 4.78 is 17.0. The monoisotopic (exact) mass is 453 g/mol. The maximum Gasteiger partial charge on any atom is 0.273 e. The number of benzene rings is 1. The lowest BCUT2D eigenvalue weighted by molar-refractivity contribution is 0.0918. The van der Waals surface area contributed by atoms with Crippen LogP contribution in [0.4, 0.5) is 0 Å². The smallest absolute Gasteiger partial charge is 0.273 e.